The molecule has 0 bridgehead atoms. The molecule has 1 heterocycles. The van der Waals surface area contributed by atoms with Crippen LogP contribution in [0, 0.1) is 0 Å². The number of rotatable bonds is 9. The van der Waals surface area contributed by atoms with Crippen molar-refractivity contribution in [3.8, 4) is 5.75 Å². The standard InChI is InChI=1S/C22H28N4O/c1-4-5-16-27-19-12-10-18(11-13-19)17-23-22-24-20-8-6-7-9-21(20)26(22)15-14-25(2)3/h6-13,17H,4-5,14-16H2,1-3H3/b23-17+. The maximum absolute atomic E-state index is 5.71. The summed E-state index contributed by atoms with van der Waals surface area (Å²) in [5.74, 6) is 1.64. The molecule has 0 fully saturated rings. The molecule has 0 aliphatic rings. The molecule has 0 saturated carbocycles. The molecule has 0 N–H and O–H groups in total. The van der Waals surface area contributed by atoms with E-state index in [1.54, 1.807) is 0 Å². The Morgan fingerprint density at radius 2 is 1.89 bits per heavy atom. The molecule has 0 radical (unpaired) electrons. The number of likely N-dealkylation sites (N-methyl/N-ethyl adjacent to an activating group) is 1. The first-order valence-electron chi connectivity index (χ1n) is 9.54. The number of benzene rings is 2. The fourth-order valence-electron chi connectivity index (χ4n) is 2.80. The molecule has 0 saturated heterocycles. The predicted molar refractivity (Wildman–Crippen MR) is 112 cm³/mol. The van der Waals surface area contributed by atoms with Crippen molar-refractivity contribution in [3.05, 3.63) is 54.1 Å². The maximum Gasteiger partial charge on any atom is 0.230 e. The largest absolute Gasteiger partial charge is 0.494 e. The van der Waals surface area contributed by atoms with Crippen LogP contribution in [0.1, 0.15) is 25.3 Å². The topological polar surface area (TPSA) is 42.7 Å². The minimum absolute atomic E-state index is 0.737. The highest BCUT2D eigenvalue weighted by atomic mass is 16.5. The van der Waals surface area contributed by atoms with E-state index in [0.717, 1.165) is 60.8 Å². The highest BCUT2D eigenvalue weighted by Crippen LogP contribution is 2.22. The highest BCUT2D eigenvalue weighted by Gasteiger charge is 2.09. The van der Waals surface area contributed by atoms with Crippen molar-refractivity contribution >= 4 is 23.2 Å². The van der Waals surface area contributed by atoms with Crippen molar-refractivity contribution in [1.29, 1.82) is 0 Å². The second-order valence-corrected chi connectivity index (χ2v) is 6.88. The molecule has 27 heavy (non-hydrogen) atoms. The molecule has 2 aromatic carbocycles. The summed E-state index contributed by atoms with van der Waals surface area (Å²) in [6, 6.07) is 16.2. The second-order valence-electron chi connectivity index (χ2n) is 6.88. The molecule has 0 amide bonds. The molecule has 1 aromatic heterocycles. The van der Waals surface area contributed by atoms with Gasteiger partial charge in [0, 0.05) is 19.3 Å². The first-order valence-corrected chi connectivity index (χ1v) is 9.54. The summed E-state index contributed by atoms with van der Waals surface area (Å²) < 4.78 is 7.89. The summed E-state index contributed by atoms with van der Waals surface area (Å²) in [6.45, 7) is 4.71. The van der Waals surface area contributed by atoms with Gasteiger partial charge < -0.3 is 14.2 Å². The van der Waals surface area contributed by atoms with Gasteiger partial charge in [-0.15, -0.1) is 0 Å². The predicted octanol–water partition coefficient (Wildman–Crippen LogP) is 4.53. The van der Waals surface area contributed by atoms with Gasteiger partial charge in [0.2, 0.25) is 5.95 Å². The molecule has 142 valence electrons. The average molecular weight is 364 g/mol. The van der Waals surface area contributed by atoms with Gasteiger partial charge in [0.1, 0.15) is 5.75 Å². The Kier molecular flexibility index (Phi) is 6.60. The SMILES string of the molecule is CCCCOc1ccc(/C=N/c2nc3ccccc3n2CCN(C)C)cc1. The number of aliphatic imine (C=N–C) groups is 1. The molecule has 0 unspecified atom stereocenters. The number of aromatic nitrogens is 2. The van der Waals surface area contributed by atoms with Crippen LogP contribution in [-0.2, 0) is 6.54 Å². The third kappa shape index (κ3) is 5.17. The Labute approximate surface area is 161 Å². The summed E-state index contributed by atoms with van der Waals surface area (Å²) in [4.78, 5) is 11.5. The van der Waals surface area contributed by atoms with Crippen molar-refractivity contribution in [2.45, 2.75) is 26.3 Å². The number of unbranched alkanes of at least 4 members (excludes halogenated alkanes) is 1. The number of nitrogens with zero attached hydrogens (tertiary/aromatic N) is 4. The zero-order chi connectivity index (χ0) is 19.1. The highest BCUT2D eigenvalue weighted by molar-refractivity contribution is 5.83. The third-order valence-electron chi connectivity index (χ3n) is 4.38. The summed E-state index contributed by atoms with van der Waals surface area (Å²) in [5, 5.41) is 0. The number of ether oxygens (including phenoxy) is 1. The quantitative estimate of drug-likeness (QED) is 0.414. The average Bonchev–Trinajstić information content (AvgIpc) is 3.03. The van der Waals surface area contributed by atoms with Crippen LogP contribution in [-0.4, -0.2) is 47.9 Å². The van der Waals surface area contributed by atoms with E-state index < -0.39 is 0 Å². The lowest BCUT2D eigenvalue weighted by Crippen LogP contribution is -2.18. The number of hydrogen-bond acceptors (Lipinski definition) is 4. The fourth-order valence-corrected chi connectivity index (χ4v) is 2.80. The van der Waals surface area contributed by atoms with Gasteiger partial charge in [-0.1, -0.05) is 25.5 Å². The Balaban J connectivity index is 1.77. The van der Waals surface area contributed by atoms with Gasteiger partial charge in [-0.25, -0.2) is 9.98 Å². The molecule has 0 spiro atoms. The zero-order valence-corrected chi connectivity index (χ0v) is 16.4. The van der Waals surface area contributed by atoms with Crippen molar-refractivity contribution in [2.75, 3.05) is 27.2 Å². The fraction of sp³-hybridized carbons (Fsp3) is 0.364. The van der Waals surface area contributed by atoms with E-state index in [1.807, 2.05) is 48.7 Å². The smallest absolute Gasteiger partial charge is 0.230 e. The van der Waals surface area contributed by atoms with Gasteiger partial charge in [-0.3, -0.25) is 0 Å². The van der Waals surface area contributed by atoms with E-state index in [2.05, 4.69) is 41.5 Å². The second kappa shape index (κ2) is 9.33. The lowest BCUT2D eigenvalue weighted by Gasteiger charge is -2.11. The van der Waals surface area contributed by atoms with Crippen LogP contribution in [0.4, 0.5) is 5.95 Å². The Hall–Kier alpha value is -2.66. The third-order valence-corrected chi connectivity index (χ3v) is 4.38. The molecule has 5 nitrogen and oxygen atoms in total. The first-order chi connectivity index (χ1) is 13.2. The van der Waals surface area contributed by atoms with Crippen molar-refractivity contribution in [3.63, 3.8) is 0 Å². The van der Waals surface area contributed by atoms with Crippen LogP contribution in [0.15, 0.2) is 53.5 Å². The van der Waals surface area contributed by atoms with Gasteiger partial charge >= 0.3 is 0 Å². The lowest BCUT2D eigenvalue weighted by molar-refractivity contribution is 0.309. The summed E-state index contributed by atoms with van der Waals surface area (Å²) in [5.41, 5.74) is 3.12. The lowest BCUT2D eigenvalue weighted by atomic mass is 10.2. The van der Waals surface area contributed by atoms with Gasteiger partial charge in [0.25, 0.3) is 0 Å². The number of fused-ring (bicyclic) bond motifs is 1. The number of para-hydroxylation sites is 2. The van der Waals surface area contributed by atoms with E-state index in [-0.39, 0.29) is 0 Å². The monoisotopic (exact) mass is 364 g/mol. The molecule has 0 atom stereocenters. The normalized spacial score (nSPS) is 11.7. The Morgan fingerprint density at radius 3 is 2.63 bits per heavy atom. The van der Waals surface area contributed by atoms with Crippen molar-refractivity contribution < 1.29 is 4.74 Å². The Bertz CT molecular complexity index is 881. The summed E-state index contributed by atoms with van der Waals surface area (Å²) >= 11 is 0. The van der Waals surface area contributed by atoms with Crippen LogP contribution >= 0.6 is 0 Å². The van der Waals surface area contributed by atoms with Gasteiger partial charge in [-0.2, -0.15) is 0 Å². The van der Waals surface area contributed by atoms with Crippen LogP contribution in [0.2, 0.25) is 0 Å². The van der Waals surface area contributed by atoms with Crippen LogP contribution in [0.25, 0.3) is 11.0 Å². The molecular formula is C22H28N4O. The summed E-state index contributed by atoms with van der Waals surface area (Å²) in [6.07, 6.45) is 4.08. The van der Waals surface area contributed by atoms with Crippen LogP contribution < -0.4 is 4.74 Å². The first kappa shape index (κ1) is 19.1. The van der Waals surface area contributed by atoms with E-state index >= 15 is 0 Å². The van der Waals surface area contributed by atoms with E-state index in [9.17, 15) is 0 Å². The molecule has 0 aliphatic heterocycles. The summed E-state index contributed by atoms with van der Waals surface area (Å²) in [7, 11) is 4.15. The molecule has 5 heteroatoms. The van der Waals surface area contributed by atoms with Crippen molar-refractivity contribution in [1.82, 2.24) is 14.5 Å². The van der Waals surface area contributed by atoms with E-state index in [1.165, 1.54) is 0 Å². The zero-order valence-electron chi connectivity index (χ0n) is 16.4. The van der Waals surface area contributed by atoms with Gasteiger partial charge in [0.15, 0.2) is 0 Å². The van der Waals surface area contributed by atoms with E-state index in [4.69, 9.17) is 9.72 Å². The minimum atomic E-state index is 0.737. The number of hydrogen-bond donors (Lipinski definition) is 0. The van der Waals surface area contributed by atoms with Crippen molar-refractivity contribution in [2.24, 2.45) is 4.99 Å². The maximum atomic E-state index is 5.71. The van der Waals surface area contributed by atoms with Crippen LogP contribution in [0.3, 0.4) is 0 Å². The molecular weight excluding hydrogens is 336 g/mol. The molecule has 3 rings (SSSR count). The van der Waals surface area contributed by atoms with Gasteiger partial charge in [-0.05, 0) is 62.5 Å². The molecule has 0 aliphatic carbocycles. The Morgan fingerprint density at radius 1 is 1.11 bits per heavy atom. The van der Waals surface area contributed by atoms with Crippen LogP contribution in [0.5, 0.6) is 5.75 Å². The molecule has 3 aromatic rings. The van der Waals surface area contributed by atoms with Gasteiger partial charge in [0.05, 0.1) is 17.6 Å². The van der Waals surface area contributed by atoms with E-state index in [0.29, 0.717) is 0 Å². The minimum Gasteiger partial charge on any atom is -0.494 e. The number of imidazole rings is 1.